The normalized spacial score (nSPS) is 22.2. The van der Waals surface area contributed by atoms with Crippen LogP contribution >= 0.6 is 0 Å². The predicted molar refractivity (Wildman–Crippen MR) is 56.0 cm³/mol. The van der Waals surface area contributed by atoms with Crippen LogP contribution in [0.4, 0.5) is 0 Å². The summed E-state index contributed by atoms with van der Waals surface area (Å²) in [6.45, 7) is 0.648. The number of allylic oxidation sites excluding steroid dienone is 1. The van der Waals surface area contributed by atoms with Gasteiger partial charge in [0.2, 0.25) is 0 Å². The Morgan fingerprint density at radius 2 is 2.38 bits per heavy atom. The average molecular weight is 246 g/mol. The molecule has 0 amide bonds. The van der Waals surface area contributed by atoms with Gasteiger partial charge in [0, 0.05) is 0 Å². The molecule has 0 bridgehead atoms. The first-order valence-corrected chi connectivity index (χ1v) is 7.23. The van der Waals surface area contributed by atoms with Crippen LogP contribution in [0.1, 0.15) is 19.3 Å². The van der Waals surface area contributed by atoms with Crippen LogP contribution in [0.15, 0.2) is 12.2 Å². The summed E-state index contributed by atoms with van der Waals surface area (Å²) in [7, 11) is 2.06. The van der Waals surface area contributed by atoms with Crippen LogP contribution in [-0.4, -0.2) is 44.2 Å². The molecule has 0 aliphatic heterocycles. The van der Waals surface area contributed by atoms with E-state index >= 15 is 0 Å². The molecule has 74 valence electrons. The van der Waals surface area contributed by atoms with Gasteiger partial charge in [-0.25, -0.2) is 0 Å². The van der Waals surface area contributed by atoms with E-state index in [9.17, 15) is 4.79 Å². The second-order valence-electron chi connectivity index (χ2n) is 3.43. The summed E-state index contributed by atoms with van der Waals surface area (Å²) in [5.41, 5.74) is 0. The molecule has 3 heteroatoms. The van der Waals surface area contributed by atoms with Crippen molar-refractivity contribution >= 4 is 19.6 Å². The van der Waals surface area contributed by atoms with Gasteiger partial charge >= 0.3 is 86.2 Å². The quantitative estimate of drug-likeness (QED) is 0.550. The Balaban J connectivity index is 2.33. The van der Waals surface area contributed by atoms with Gasteiger partial charge in [0.05, 0.1) is 0 Å². The van der Waals surface area contributed by atoms with Crippen molar-refractivity contribution in [3.8, 4) is 0 Å². The fraction of sp³-hybridized carbons (Fsp3) is 0.700. The number of carbonyl (C=O) groups excluding carboxylic acids is 1. The first kappa shape index (κ1) is 11.0. The van der Waals surface area contributed by atoms with E-state index in [0.717, 1.165) is 6.42 Å². The zero-order chi connectivity index (χ0) is 9.68. The monoisotopic (exact) mass is 247 g/mol. The Labute approximate surface area is 86.5 Å². The van der Waals surface area contributed by atoms with Crippen molar-refractivity contribution in [2.75, 3.05) is 13.6 Å². The summed E-state index contributed by atoms with van der Waals surface area (Å²) in [4.78, 5) is 13.4. The Morgan fingerprint density at radius 3 is 2.92 bits per heavy atom. The molecule has 0 radical (unpaired) electrons. The van der Waals surface area contributed by atoms with Gasteiger partial charge in [-0.2, -0.15) is 0 Å². The summed E-state index contributed by atoms with van der Waals surface area (Å²) in [6.07, 6.45) is 7.94. The molecule has 0 aromatic rings. The number of likely N-dealkylation sites (N-methyl/N-ethyl adjacent to an activating group) is 1. The number of rotatable bonds is 4. The van der Waals surface area contributed by atoms with Gasteiger partial charge in [0.1, 0.15) is 0 Å². The van der Waals surface area contributed by atoms with Gasteiger partial charge in [-0.15, -0.1) is 0 Å². The maximum absolute atomic E-state index is 11.2. The molecule has 0 aromatic heterocycles. The zero-order valence-electron chi connectivity index (χ0n) is 8.32. The second kappa shape index (κ2) is 5.58. The van der Waals surface area contributed by atoms with Crippen molar-refractivity contribution in [1.29, 1.82) is 0 Å². The molecule has 0 heterocycles. The molecule has 2 nitrogen and oxygen atoms in total. The van der Waals surface area contributed by atoms with Gasteiger partial charge < -0.3 is 0 Å². The van der Waals surface area contributed by atoms with Gasteiger partial charge in [-0.05, 0) is 0 Å². The summed E-state index contributed by atoms with van der Waals surface area (Å²) >= 11 is 0.165. The van der Waals surface area contributed by atoms with Crippen LogP contribution in [-0.2, 0) is 4.79 Å². The Hall–Kier alpha value is -0.111. The van der Waals surface area contributed by atoms with E-state index in [4.69, 9.17) is 0 Å². The van der Waals surface area contributed by atoms with Crippen LogP contribution in [0.2, 0.25) is 5.82 Å². The Kier molecular flexibility index (Phi) is 4.71. The van der Waals surface area contributed by atoms with E-state index in [1.54, 1.807) is 0 Å². The fourth-order valence-electron chi connectivity index (χ4n) is 1.58. The third-order valence-electron chi connectivity index (χ3n) is 2.47. The first-order valence-electron chi connectivity index (χ1n) is 4.66. The summed E-state index contributed by atoms with van der Waals surface area (Å²) in [5, 5.41) is 0. The molecule has 0 spiro atoms. The standard InChI is InChI=1S/C10H17NOSe/c1-11(8-10(12)13-2)9-6-4-3-5-7-9/h3-4,9H,5-8H2,1-2H3. The van der Waals surface area contributed by atoms with Crippen molar-refractivity contribution in [3.05, 3.63) is 12.2 Å². The molecule has 0 aromatic carbocycles. The van der Waals surface area contributed by atoms with Crippen molar-refractivity contribution in [3.63, 3.8) is 0 Å². The first-order chi connectivity index (χ1) is 6.24. The Bertz CT molecular complexity index is 203. The van der Waals surface area contributed by atoms with E-state index in [1.807, 2.05) is 5.82 Å². The Morgan fingerprint density at radius 1 is 1.62 bits per heavy atom. The van der Waals surface area contributed by atoms with E-state index in [-0.39, 0.29) is 15.0 Å². The molecule has 1 atom stereocenters. The number of nitrogens with zero attached hydrogens (tertiary/aromatic N) is 1. The number of hydrogen-bond donors (Lipinski definition) is 0. The molecule has 1 rings (SSSR count). The van der Waals surface area contributed by atoms with Gasteiger partial charge in [-0.1, -0.05) is 0 Å². The van der Waals surface area contributed by atoms with E-state index in [2.05, 4.69) is 24.1 Å². The molecule has 0 fully saturated rings. The molecule has 1 aliphatic carbocycles. The zero-order valence-corrected chi connectivity index (χ0v) is 10.0. The molecule has 0 N–H and O–H groups in total. The minimum absolute atomic E-state index is 0.165. The number of carbonyl (C=O) groups is 1. The van der Waals surface area contributed by atoms with Crippen molar-refractivity contribution in [2.45, 2.75) is 31.1 Å². The van der Waals surface area contributed by atoms with Crippen LogP contribution in [0.25, 0.3) is 0 Å². The molecule has 0 saturated carbocycles. The minimum atomic E-state index is 0.165. The third kappa shape index (κ3) is 3.63. The summed E-state index contributed by atoms with van der Waals surface area (Å²) in [6, 6.07) is 0.594. The van der Waals surface area contributed by atoms with Crippen molar-refractivity contribution < 1.29 is 4.79 Å². The predicted octanol–water partition coefficient (Wildman–Crippen LogP) is 1.31. The molecule has 1 aliphatic rings. The molecule has 0 saturated heterocycles. The maximum atomic E-state index is 11.2. The van der Waals surface area contributed by atoms with Crippen LogP contribution < -0.4 is 0 Å². The average Bonchev–Trinajstić information content (AvgIpc) is 2.19. The summed E-state index contributed by atoms with van der Waals surface area (Å²) < 4.78 is 0.407. The van der Waals surface area contributed by atoms with Gasteiger partial charge in [0.25, 0.3) is 0 Å². The van der Waals surface area contributed by atoms with E-state index < -0.39 is 0 Å². The van der Waals surface area contributed by atoms with Crippen LogP contribution in [0.5, 0.6) is 0 Å². The molecular weight excluding hydrogens is 229 g/mol. The molecule has 13 heavy (non-hydrogen) atoms. The van der Waals surface area contributed by atoms with Crippen molar-refractivity contribution in [1.82, 2.24) is 4.90 Å². The van der Waals surface area contributed by atoms with Gasteiger partial charge in [0.15, 0.2) is 0 Å². The van der Waals surface area contributed by atoms with Crippen molar-refractivity contribution in [2.24, 2.45) is 0 Å². The van der Waals surface area contributed by atoms with Crippen LogP contribution in [0.3, 0.4) is 0 Å². The van der Waals surface area contributed by atoms with Gasteiger partial charge in [-0.3, -0.25) is 0 Å². The number of hydrogen-bond acceptors (Lipinski definition) is 2. The fourth-order valence-corrected chi connectivity index (χ4v) is 2.27. The topological polar surface area (TPSA) is 20.3 Å². The third-order valence-corrected chi connectivity index (χ3v) is 3.70. The summed E-state index contributed by atoms with van der Waals surface area (Å²) in [5.74, 6) is 1.99. The molecule has 1 unspecified atom stereocenters. The SMILES string of the molecule is C[Se]C(=O)CN(C)C1CC=CCC1. The van der Waals surface area contributed by atoms with E-state index in [1.165, 1.54) is 12.8 Å². The second-order valence-corrected chi connectivity index (χ2v) is 5.24. The van der Waals surface area contributed by atoms with E-state index in [0.29, 0.717) is 17.3 Å². The molecular formula is C10H17NOSe. The van der Waals surface area contributed by atoms with Crippen LogP contribution in [0, 0.1) is 0 Å².